The molecule has 2 saturated carbocycles. The number of carbonyl (C=O) groups is 1. The van der Waals surface area contributed by atoms with Gasteiger partial charge in [-0.05, 0) is 101 Å². The Kier molecular flexibility index (Phi) is 11.7. The van der Waals surface area contributed by atoms with Crippen molar-refractivity contribution in [3.8, 4) is 11.1 Å². The van der Waals surface area contributed by atoms with Crippen molar-refractivity contribution in [3.63, 3.8) is 0 Å². The predicted molar refractivity (Wildman–Crippen MR) is 224 cm³/mol. The number of benzene rings is 2. The molecular formula is C42H44ClF6N7O5S2. The summed E-state index contributed by atoms with van der Waals surface area (Å²) in [5.41, 5.74) is -0.497. The number of carbonyl (C=O) groups excluding carboxylic acids is 1. The summed E-state index contributed by atoms with van der Waals surface area (Å²) in [4.78, 5) is 19.0. The maximum atomic E-state index is 15.1. The van der Waals surface area contributed by atoms with Crippen LogP contribution in [0, 0.1) is 17.6 Å². The van der Waals surface area contributed by atoms with E-state index in [0.29, 0.717) is 45.9 Å². The highest BCUT2D eigenvalue weighted by Crippen LogP contribution is 2.45. The van der Waals surface area contributed by atoms with Crippen LogP contribution < -0.4 is 10.0 Å². The van der Waals surface area contributed by atoms with Gasteiger partial charge < -0.3 is 5.32 Å². The Morgan fingerprint density at radius 1 is 0.968 bits per heavy atom. The molecule has 0 unspecified atom stereocenters. The van der Waals surface area contributed by atoms with Gasteiger partial charge >= 0.3 is 0 Å². The molecule has 3 heterocycles. The first-order valence-corrected chi connectivity index (χ1v) is 24.0. The zero-order chi connectivity index (χ0) is 45.4. The quantitative estimate of drug-likeness (QED) is 0.0883. The lowest BCUT2D eigenvalue weighted by Crippen LogP contribution is -2.36. The minimum absolute atomic E-state index is 0.0193. The van der Waals surface area contributed by atoms with Crippen molar-refractivity contribution < 1.29 is 48.0 Å². The van der Waals surface area contributed by atoms with Gasteiger partial charge in [0.2, 0.25) is 15.9 Å². The number of sulfonamides is 1. The molecule has 0 spiro atoms. The number of alkyl halides is 4. The number of pyridine rings is 1. The van der Waals surface area contributed by atoms with Crippen LogP contribution in [-0.4, -0.2) is 63.0 Å². The van der Waals surface area contributed by atoms with E-state index in [1.54, 1.807) is 39.1 Å². The molecule has 1 atom stereocenters. The average Bonchev–Trinajstić information content (AvgIpc) is 4.11. The Morgan fingerprint density at radius 3 is 2.30 bits per heavy atom. The van der Waals surface area contributed by atoms with Gasteiger partial charge in [0, 0.05) is 41.9 Å². The number of aryl methyl sites for hydroxylation is 2. The van der Waals surface area contributed by atoms with Crippen LogP contribution >= 0.6 is 11.6 Å². The first kappa shape index (κ1) is 44.9. The number of halogens is 7. The number of sulfone groups is 1. The maximum absolute atomic E-state index is 15.1. The van der Waals surface area contributed by atoms with Gasteiger partial charge in [0.1, 0.15) is 29.6 Å². The van der Waals surface area contributed by atoms with Gasteiger partial charge in [-0.15, -0.1) is 0 Å². The van der Waals surface area contributed by atoms with Crippen LogP contribution in [0.1, 0.15) is 98.7 Å². The fourth-order valence-corrected chi connectivity index (χ4v) is 12.2. The number of rotatable bonds is 17. The molecule has 63 heavy (non-hydrogen) atoms. The number of hydrogen-bond acceptors (Lipinski definition) is 8. The lowest BCUT2D eigenvalue weighted by atomic mass is 9.93. The largest absolute Gasteiger partial charge is 0.346 e. The summed E-state index contributed by atoms with van der Waals surface area (Å²) in [6.45, 7) is 2.34. The smallest absolute Gasteiger partial charge is 0.290 e. The minimum atomic E-state index is -3.84. The molecule has 2 aromatic carbocycles. The Hall–Kier alpha value is -4.69. The SMILES string of the molecule is Cn1nc(NS(=O)(=O)CC2CC2)c2c(Cl)ccc(-c3ccc(CCC(C)(C)S(=O)(=O)C4CC4)nc3[C@H](Cc3cc(F)cc(F)c3)NC(=O)Cn3nc(C(F)F)c4c3C(F)(F)CC4)c21. The number of nitrogens with one attached hydrogen (secondary N) is 2. The van der Waals surface area contributed by atoms with Gasteiger partial charge in [0.05, 0.1) is 43.4 Å². The fourth-order valence-electron chi connectivity index (χ4n) is 8.42. The van der Waals surface area contributed by atoms with E-state index < -0.39 is 90.1 Å². The van der Waals surface area contributed by atoms with E-state index in [1.807, 2.05) is 0 Å². The van der Waals surface area contributed by atoms with Crippen LogP contribution in [0.5, 0.6) is 0 Å². The molecule has 0 radical (unpaired) electrons. The summed E-state index contributed by atoms with van der Waals surface area (Å²) >= 11 is 6.73. The van der Waals surface area contributed by atoms with Crippen LogP contribution in [0.2, 0.25) is 5.02 Å². The van der Waals surface area contributed by atoms with E-state index in [9.17, 15) is 39.2 Å². The number of anilines is 1. The third kappa shape index (κ3) is 9.16. The van der Waals surface area contributed by atoms with E-state index in [0.717, 1.165) is 25.0 Å². The molecule has 1 amide bonds. The summed E-state index contributed by atoms with van der Waals surface area (Å²) in [6.07, 6.45) is -1.68. The first-order valence-electron chi connectivity index (χ1n) is 20.4. The standard InChI is InChI=1S/C42H44ClF6N7O5S2/c1-41(2,63(60,61)27-7-8-27)14-12-26-6-9-28(29-10-11-31(43)34-37(29)55(3)53-40(34)54-62(58,59)21-22-4-5-22)35(50-26)32(18-23-16-24(44)19-25(45)17-23)51-33(57)20-56-38-30(13-15-42(38,48)49)36(52-56)39(46)47/h6,9-11,16-17,19,22,27,32,39H,4-5,7-8,12-15,18,20-21H2,1-3H3,(H,51,57)(H,53,54)/t32-/m0/s1. The van der Waals surface area contributed by atoms with Gasteiger partial charge in [-0.2, -0.15) is 19.0 Å². The molecule has 0 bridgehead atoms. The molecule has 8 rings (SSSR count). The summed E-state index contributed by atoms with van der Waals surface area (Å²) in [5, 5.41) is 10.8. The molecule has 3 aliphatic rings. The number of hydrogen-bond donors (Lipinski definition) is 2. The highest BCUT2D eigenvalue weighted by atomic mass is 35.5. The Morgan fingerprint density at radius 2 is 1.65 bits per heavy atom. The second-order valence-corrected chi connectivity index (χ2v) is 22.4. The van der Waals surface area contributed by atoms with Crippen molar-refractivity contribution in [2.75, 3.05) is 10.5 Å². The molecule has 0 saturated heterocycles. The number of amides is 1. The third-order valence-corrected chi connectivity index (χ3v) is 16.8. The number of nitrogens with zero attached hydrogens (tertiary/aromatic N) is 5. The van der Waals surface area contributed by atoms with E-state index in [2.05, 4.69) is 20.2 Å². The number of aromatic nitrogens is 5. The topological polar surface area (TPSA) is 158 Å². The average molecular weight is 940 g/mol. The molecule has 3 aromatic heterocycles. The van der Waals surface area contributed by atoms with Crippen LogP contribution in [0.15, 0.2) is 42.5 Å². The van der Waals surface area contributed by atoms with E-state index >= 15 is 8.78 Å². The van der Waals surface area contributed by atoms with E-state index in [1.165, 1.54) is 10.7 Å². The fraction of sp³-hybridized carbons (Fsp3) is 0.476. The minimum Gasteiger partial charge on any atom is -0.346 e. The lowest BCUT2D eigenvalue weighted by Gasteiger charge is -2.26. The van der Waals surface area contributed by atoms with Crippen LogP contribution in [0.25, 0.3) is 22.0 Å². The molecule has 5 aromatic rings. The normalized spacial score (nSPS) is 17.1. The van der Waals surface area contributed by atoms with Crippen molar-refractivity contribution in [2.45, 2.75) is 107 Å². The zero-order valence-electron chi connectivity index (χ0n) is 34.4. The van der Waals surface area contributed by atoms with Crippen LogP contribution in [0.4, 0.5) is 32.2 Å². The highest BCUT2D eigenvalue weighted by Gasteiger charge is 2.47. The van der Waals surface area contributed by atoms with E-state index in [-0.39, 0.29) is 70.4 Å². The van der Waals surface area contributed by atoms with Crippen molar-refractivity contribution in [1.82, 2.24) is 29.9 Å². The monoisotopic (exact) mass is 939 g/mol. The molecule has 2 fully saturated rings. The van der Waals surface area contributed by atoms with Crippen molar-refractivity contribution in [1.29, 1.82) is 0 Å². The maximum Gasteiger partial charge on any atom is 0.290 e. The van der Waals surface area contributed by atoms with E-state index in [4.69, 9.17) is 16.6 Å². The van der Waals surface area contributed by atoms with Crippen LogP contribution in [0.3, 0.4) is 0 Å². The van der Waals surface area contributed by atoms with Crippen molar-refractivity contribution in [3.05, 3.63) is 93.0 Å². The Bertz CT molecular complexity index is 2840. The summed E-state index contributed by atoms with van der Waals surface area (Å²) in [6, 6.07) is 7.83. The van der Waals surface area contributed by atoms with Gasteiger partial charge in [0.15, 0.2) is 15.7 Å². The first-order chi connectivity index (χ1) is 29.5. The lowest BCUT2D eigenvalue weighted by molar-refractivity contribution is -0.122. The molecule has 338 valence electrons. The Labute approximate surface area is 364 Å². The Balaban J connectivity index is 1.25. The second kappa shape index (κ2) is 16.4. The van der Waals surface area contributed by atoms with Crippen molar-refractivity contribution >= 4 is 54.1 Å². The summed E-state index contributed by atoms with van der Waals surface area (Å²) < 4.78 is 144. The molecule has 3 aliphatic carbocycles. The third-order valence-electron chi connectivity index (χ3n) is 12.0. The highest BCUT2D eigenvalue weighted by molar-refractivity contribution is 7.93. The summed E-state index contributed by atoms with van der Waals surface area (Å²) in [5.74, 6) is -6.53. The number of fused-ring (bicyclic) bond motifs is 2. The van der Waals surface area contributed by atoms with Gasteiger partial charge in [-0.3, -0.25) is 23.9 Å². The predicted octanol–water partition coefficient (Wildman–Crippen LogP) is 8.28. The van der Waals surface area contributed by atoms with Crippen molar-refractivity contribution in [2.24, 2.45) is 13.0 Å². The molecule has 21 heteroatoms. The molecule has 2 N–H and O–H groups in total. The van der Waals surface area contributed by atoms with Gasteiger partial charge in [-0.1, -0.05) is 23.7 Å². The zero-order valence-corrected chi connectivity index (χ0v) is 36.8. The van der Waals surface area contributed by atoms with Crippen LogP contribution in [-0.2, 0) is 63.4 Å². The second-order valence-electron chi connectivity index (χ2n) is 17.3. The molecular weight excluding hydrogens is 896 g/mol. The van der Waals surface area contributed by atoms with Gasteiger partial charge in [-0.25, -0.2) is 34.4 Å². The molecule has 0 aliphatic heterocycles. The molecule has 12 nitrogen and oxygen atoms in total. The summed E-state index contributed by atoms with van der Waals surface area (Å²) in [7, 11) is -5.79. The van der Waals surface area contributed by atoms with Gasteiger partial charge in [0.25, 0.3) is 12.3 Å².